The Morgan fingerprint density at radius 3 is 2.95 bits per heavy atom. The first kappa shape index (κ1) is 12.3. The second-order valence-electron chi connectivity index (χ2n) is 4.37. The standard InChI is InChI=1S/C13H14N6O/c1-9-11(10(2)20-18-9)6-16-12-4-3-5-15-13(12)19-8-14-7-17-19/h3-5,7-8,16H,6H2,1-2H3. The van der Waals surface area contributed by atoms with Crippen LogP contribution in [0.5, 0.6) is 0 Å². The lowest BCUT2D eigenvalue weighted by Gasteiger charge is -2.10. The number of hydrogen-bond donors (Lipinski definition) is 1. The molecule has 0 aromatic carbocycles. The number of nitrogens with one attached hydrogen (secondary N) is 1. The highest BCUT2D eigenvalue weighted by molar-refractivity contribution is 5.56. The number of anilines is 1. The summed E-state index contributed by atoms with van der Waals surface area (Å²) < 4.78 is 6.77. The molecule has 0 atom stereocenters. The van der Waals surface area contributed by atoms with Crippen molar-refractivity contribution < 1.29 is 4.52 Å². The van der Waals surface area contributed by atoms with E-state index in [1.54, 1.807) is 17.2 Å². The molecule has 0 saturated heterocycles. The fourth-order valence-corrected chi connectivity index (χ4v) is 1.97. The van der Waals surface area contributed by atoms with Crippen LogP contribution in [0.4, 0.5) is 5.69 Å². The van der Waals surface area contributed by atoms with E-state index in [1.807, 2.05) is 26.0 Å². The van der Waals surface area contributed by atoms with Gasteiger partial charge in [0.25, 0.3) is 0 Å². The van der Waals surface area contributed by atoms with E-state index in [0.717, 1.165) is 22.7 Å². The van der Waals surface area contributed by atoms with Crippen LogP contribution in [-0.4, -0.2) is 24.9 Å². The van der Waals surface area contributed by atoms with Gasteiger partial charge in [-0.25, -0.2) is 14.6 Å². The quantitative estimate of drug-likeness (QED) is 0.779. The van der Waals surface area contributed by atoms with Crippen molar-refractivity contribution >= 4 is 5.69 Å². The Kier molecular flexibility index (Phi) is 3.16. The summed E-state index contributed by atoms with van der Waals surface area (Å²) in [4.78, 5) is 8.26. The average Bonchev–Trinajstić information content (AvgIpc) is 3.09. The van der Waals surface area contributed by atoms with E-state index < -0.39 is 0 Å². The van der Waals surface area contributed by atoms with Crippen LogP contribution >= 0.6 is 0 Å². The monoisotopic (exact) mass is 270 g/mol. The number of pyridine rings is 1. The maximum absolute atomic E-state index is 5.15. The van der Waals surface area contributed by atoms with Crippen molar-refractivity contribution in [3.8, 4) is 5.82 Å². The lowest BCUT2D eigenvalue weighted by atomic mass is 10.2. The van der Waals surface area contributed by atoms with E-state index >= 15 is 0 Å². The van der Waals surface area contributed by atoms with Crippen LogP contribution in [0, 0.1) is 13.8 Å². The first-order chi connectivity index (χ1) is 9.75. The van der Waals surface area contributed by atoms with Gasteiger partial charge < -0.3 is 9.84 Å². The Balaban J connectivity index is 1.85. The number of aromatic nitrogens is 5. The van der Waals surface area contributed by atoms with Gasteiger partial charge >= 0.3 is 0 Å². The van der Waals surface area contributed by atoms with Crippen molar-refractivity contribution in [2.75, 3.05) is 5.32 Å². The van der Waals surface area contributed by atoms with Crippen molar-refractivity contribution in [1.29, 1.82) is 0 Å². The van der Waals surface area contributed by atoms with Gasteiger partial charge in [0.1, 0.15) is 18.4 Å². The molecule has 3 rings (SSSR count). The van der Waals surface area contributed by atoms with Crippen LogP contribution in [-0.2, 0) is 6.54 Å². The molecule has 0 aliphatic carbocycles. The maximum Gasteiger partial charge on any atom is 0.178 e. The van der Waals surface area contributed by atoms with Crippen LogP contribution < -0.4 is 5.32 Å². The largest absolute Gasteiger partial charge is 0.378 e. The molecular formula is C13H14N6O. The summed E-state index contributed by atoms with van der Waals surface area (Å²) in [7, 11) is 0. The minimum atomic E-state index is 0.620. The number of nitrogens with zero attached hydrogens (tertiary/aromatic N) is 5. The molecule has 0 spiro atoms. The summed E-state index contributed by atoms with van der Waals surface area (Å²) in [5.41, 5.74) is 2.82. The highest BCUT2D eigenvalue weighted by atomic mass is 16.5. The molecule has 3 aromatic heterocycles. The third-order valence-electron chi connectivity index (χ3n) is 3.06. The lowest BCUT2D eigenvalue weighted by molar-refractivity contribution is 0.392. The molecule has 1 N–H and O–H groups in total. The third kappa shape index (κ3) is 2.25. The highest BCUT2D eigenvalue weighted by Crippen LogP contribution is 2.19. The molecule has 3 heterocycles. The van der Waals surface area contributed by atoms with Gasteiger partial charge in [-0.05, 0) is 26.0 Å². The first-order valence-electron chi connectivity index (χ1n) is 6.21. The molecule has 3 aromatic rings. The predicted octanol–water partition coefficient (Wildman–Crippen LogP) is 1.88. The minimum absolute atomic E-state index is 0.620. The Bertz CT molecular complexity index is 684. The third-order valence-corrected chi connectivity index (χ3v) is 3.06. The van der Waals surface area contributed by atoms with Gasteiger partial charge in [0.05, 0.1) is 11.4 Å². The van der Waals surface area contributed by atoms with Gasteiger partial charge in [0, 0.05) is 18.3 Å². The van der Waals surface area contributed by atoms with E-state index in [1.165, 1.54) is 6.33 Å². The summed E-state index contributed by atoms with van der Waals surface area (Å²) in [6.07, 6.45) is 4.81. The molecule has 0 bridgehead atoms. The molecule has 0 amide bonds. The van der Waals surface area contributed by atoms with Crippen molar-refractivity contribution in [3.63, 3.8) is 0 Å². The molecule has 0 saturated carbocycles. The number of rotatable bonds is 4. The van der Waals surface area contributed by atoms with Crippen molar-refractivity contribution in [2.45, 2.75) is 20.4 Å². The SMILES string of the molecule is Cc1noc(C)c1CNc1cccnc1-n1cncn1. The number of aryl methyl sites for hydroxylation is 2. The minimum Gasteiger partial charge on any atom is -0.378 e. The highest BCUT2D eigenvalue weighted by Gasteiger charge is 2.11. The molecule has 0 aliphatic rings. The Labute approximate surface area is 115 Å². The molecule has 7 nitrogen and oxygen atoms in total. The fraction of sp³-hybridized carbons (Fsp3) is 0.231. The second-order valence-corrected chi connectivity index (χ2v) is 4.37. The van der Waals surface area contributed by atoms with Crippen molar-refractivity contribution in [1.82, 2.24) is 24.9 Å². The molecule has 0 unspecified atom stereocenters. The molecule has 0 aliphatic heterocycles. The zero-order valence-electron chi connectivity index (χ0n) is 11.2. The topological polar surface area (TPSA) is 81.7 Å². The predicted molar refractivity (Wildman–Crippen MR) is 72.5 cm³/mol. The molecular weight excluding hydrogens is 256 g/mol. The normalized spacial score (nSPS) is 10.7. The molecule has 0 fully saturated rings. The number of hydrogen-bond acceptors (Lipinski definition) is 6. The molecule has 0 radical (unpaired) electrons. The Morgan fingerprint density at radius 1 is 1.35 bits per heavy atom. The summed E-state index contributed by atoms with van der Waals surface area (Å²) >= 11 is 0. The van der Waals surface area contributed by atoms with Gasteiger partial charge in [-0.15, -0.1) is 0 Å². The van der Waals surface area contributed by atoms with E-state index in [-0.39, 0.29) is 0 Å². The maximum atomic E-state index is 5.15. The van der Waals surface area contributed by atoms with Crippen LogP contribution in [0.3, 0.4) is 0 Å². The van der Waals surface area contributed by atoms with Gasteiger partial charge in [-0.1, -0.05) is 5.16 Å². The second kappa shape index (κ2) is 5.12. The van der Waals surface area contributed by atoms with Crippen LogP contribution in [0.1, 0.15) is 17.0 Å². The van der Waals surface area contributed by atoms with Crippen LogP contribution in [0.2, 0.25) is 0 Å². The zero-order valence-corrected chi connectivity index (χ0v) is 11.2. The Hall–Kier alpha value is -2.70. The van der Waals surface area contributed by atoms with E-state index in [9.17, 15) is 0 Å². The Morgan fingerprint density at radius 2 is 2.25 bits per heavy atom. The smallest absolute Gasteiger partial charge is 0.178 e. The van der Waals surface area contributed by atoms with Gasteiger partial charge in [0.15, 0.2) is 5.82 Å². The first-order valence-corrected chi connectivity index (χ1v) is 6.21. The van der Waals surface area contributed by atoms with E-state index in [4.69, 9.17) is 4.52 Å². The van der Waals surface area contributed by atoms with Gasteiger partial charge in [-0.2, -0.15) is 5.10 Å². The fourth-order valence-electron chi connectivity index (χ4n) is 1.97. The summed E-state index contributed by atoms with van der Waals surface area (Å²) in [6.45, 7) is 4.45. The average molecular weight is 270 g/mol. The zero-order chi connectivity index (χ0) is 13.9. The van der Waals surface area contributed by atoms with Crippen molar-refractivity contribution in [2.24, 2.45) is 0 Å². The summed E-state index contributed by atoms with van der Waals surface area (Å²) in [6, 6.07) is 3.82. The molecule has 7 heteroatoms. The van der Waals surface area contributed by atoms with Crippen molar-refractivity contribution in [3.05, 3.63) is 48.0 Å². The molecule has 102 valence electrons. The summed E-state index contributed by atoms with van der Waals surface area (Å²) in [5.74, 6) is 1.53. The van der Waals surface area contributed by atoms with Gasteiger partial charge in [0.2, 0.25) is 0 Å². The van der Waals surface area contributed by atoms with Gasteiger partial charge in [-0.3, -0.25) is 0 Å². The lowest BCUT2D eigenvalue weighted by Crippen LogP contribution is -2.07. The van der Waals surface area contributed by atoms with Crippen LogP contribution in [0.15, 0.2) is 35.5 Å². The van der Waals surface area contributed by atoms with Crippen LogP contribution in [0.25, 0.3) is 5.82 Å². The molecule has 20 heavy (non-hydrogen) atoms. The van der Waals surface area contributed by atoms with E-state index in [2.05, 4.69) is 25.5 Å². The summed E-state index contributed by atoms with van der Waals surface area (Å²) in [5, 5.41) is 11.4. The van der Waals surface area contributed by atoms with E-state index in [0.29, 0.717) is 12.4 Å².